The fourth-order valence-electron chi connectivity index (χ4n) is 5.20. The molecule has 0 heterocycles. The number of ether oxygens (including phenoxy) is 7. The van der Waals surface area contributed by atoms with Gasteiger partial charge in [0.2, 0.25) is 11.8 Å². The number of carbonyl (C=O) groups is 2. The second kappa shape index (κ2) is 18.1. The molecule has 4 rings (SSSR count). The minimum absolute atomic E-state index is 0.131. The molecule has 0 aliphatic rings. The fourth-order valence-corrected chi connectivity index (χ4v) is 5.20. The quantitative estimate of drug-likeness (QED) is 0.144. The van der Waals surface area contributed by atoms with Gasteiger partial charge in [-0.05, 0) is 83.6 Å². The highest BCUT2D eigenvalue weighted by atomic mass is 16.5. The van der Waals surface area contributed by atoms with Crippen molar-refractivity contribution in [1.82, 2.24) is 10.6 Å². The van der Waals surface area contributed by atoms with E-state index in [1.165, 1.54) is 0 Å². The number of carbonyl (C=O) groups excluding carboxylic acids is 2. The lowest BCUT2D eigenvalue weighted by Gasteiger charge is -2.15. The van der Waals surface area contributed by atoms with Gasteiger partial charge in [0, 0.05) is 13.1 Å². The van der Waals surface area contributed by atoms with Crippen molar-refractivity contribution in [2.24, 2.45) is 0 Å². The number of amides is 2. The molecule has 0 saturated heterocycles. The third-order valence-corrected chi connectivity index (χ3v) is 7.77. The van der Waals surface area contributed by atoms with E-state index in [-0.39, 0.29) is 24.7 Å². The second-order valence-corrected chi connectivity index (χ2v) is 11.0. The van der Waals surface area contributed by atoms with E-state index in [9.17, 15) is 9.59 Å². The molecule has 4 aromatic rings. The van der Waals surface area contributed by atoms with E-state index in [2.05, 4.69) is 10.6 Å². The van der Waals surface area contributed by atoms with Crippen molar-refractivity contribution in [2.45, 2.75) is 25.7 Å². The Labute approximate surface area is 287 Å². The number of hydrogen-bond donors (Lipinski definition) is 2. The van der Waals surface area contributed by atoms with Gasteiger partial charge in [-0.2, -0.15) is 0 Å². The van der Waals surface area contributed by atoms with Crippen LogP contribution in [0.5, 0.6) is 46.0 Å². The third-order valence-electron chi connectivity index (χ3n) is 7.77. The van der Waals surface area contributed by atoms with Crippen molar-refractivity contribution in [3.63, 3.8) is 0 Å². The van der Waals surface area contributed by atoms with Crippen LogP contribution >= 0.6 is 0 Å². The lowest BCUT2D eigenvalue weighted by molar-refractivity contribution is -0.121. The van der Waals surface area contributed by atoms with Crippen molar-refractivity contribution in [1.29, 1.82) is 0 Å². The highest BCUT2D eigenvalue weighted by Gasteiger charge is 2.15. The van der Waals surface area contributed by atoms with Gasteiger partial charge in [-0.3, -0.25) is 9.59 Å². The van der Waals surface area contributed by atoms with Crippen LogP contribution < -0.4 is 43.8 Å². The monoisotopic (exact) mass is 672 g/mol. The molecule has 0 aliphatic heterocycles. The Morgan fingerprint density at radius 3 is 1.08 bits per heavy atom. The van der Waals surface area contributed by atoms with Crippen LogP contribution in [0.15, 0.2) is 72.8 Å². The topological polar surface area (TPSA) is 123 Å². The molecule has 0 bridgehead atoms. The first kappa shape index (κ1) is 36.3. The molecule has 0 saturated carbocycles. The molecule has 0 aromatic heterocycles. The number of methoxy groups -OCH3 is 6. The Balaban J connectivity index is 1.35. The minimum Gasteiger partial charge on any atom is -0.493 e. The van der Waals surface area contributed by atoms with Gasteiger partial charge >= 0.3 is 0 Å². The molecule has 0 spiro atoms. The van der Waals surface area contributed by atoms with E-state index < -0.39 is 0 Å². The average molecular weight is 673 g/mol. The molecule has 11 heteroatoms. The summed E-state index contributed by atoms with van der Waals surface area (Å²) in [6.07, 6.45) is 1.56. The summed E-state index contributed by atoms with van der Waals surface area (Å²) >= 11 is 0. The third kappa shape index (κ3) is 10.2. The number of rotatable bonds is 18. The predicted molar refractivity (Wildman–Crippen MR) is 186 cm³/mol. The van der Waals surface area contributed by atoms with E-state index in [1.807, 2.05) is 48.5 Å². The zero-order valence-corrected chi connectivity index (χ0v) is 28.8. The predicted octanol–water partition coefficient (Wildman–Crippen LogP) is 5.33. The number of benzene rings is 4. The zero-order valence-electron chi connectivity index (χ0n) is 28.8. The summed E-state index contributed by atoms with van der Waals surface area (Å²) in [5.74, 6) is 4.12. The maximum Gasteiger partial charge on any atom is 0.224 e. The molecular formula is C38H44N2O9. The summed E-state index contributed by atoms with van der Waals surface area (Å²) in [5.41, 5.74) is 3.51. The van der Waals surface area contributed by atoms with Gasteiger partial charge in [0.25, 0.3) is 0 Å². The maximum atomic E-state index is 12.8. The Kier molecular flexibility index (Phi) is 13.4. The molecule has 0 unspecified atom stereocenters. The largest absolute Gasteiger partial charge is 0.493 e. The van der Waals surface area contributed by atoms with Gasteiger partial charge in [0.15, 0.2) is 46.0 Å². The van der Waals surface area contributed by atoms with E-state index in [0.717, 1.165) is 22.3 Å². The lowest BCUT2D eigenvalue weighted by Crippen LogP contribution is -2.27. The van der Waals surface area contributed by atoms with Crippen LogP contribution in [0.2, 0.25) is 0 Å². The summed E-state index contributed by atoms with van der Waals surface area (Å²) in [4.78, 5) is 25.6. The highest BCUT2D eigenvalue weighted by Crippen LogP contribution is 2.38. The molecule has 49 heavy (non-hydrogen) atoms. The Morgan fingerprint density at radius 1 is 0.429 bits per heavy atom. The van der Waals surface area contributed by atoms with Crippen LogP contribution in [0.3, 0.4) is 0 Å². The molecule has 0 radical (unpaired) electrons. The second-order valence-electron chi connectivity index (χ2n) is 11.0. The molecule has 0 aliphatic carbocycles. The van der Waals surface area contributed by atoms with Crippen LogP contribution in [0, 0.1) is 0 Å². The lowest BCUT2D eigenvalue weighted by atomic mass is 10.1. The molecule has 0 atom stereocenters. The van der Waals surface area contributed by atoms with Crippen molar-refractivity contribution in [3.05, 3.63) is 95.1 Å². The molecular weight excluding hydrogens is 628 g/mol. The summed E-state index contributed by atoms with van der Waals surface area (Å²) in [6, 6.07) is 22.0. The number of hydrogen-bond acceptors (Lipinski definition) is 9. The van der Waals surface area contributed by atoms with E-state index >= 15 is 0 Å². The van der Waals surface area contributed by atoms with E-state index in [4.69, 9.17) is 33.2 Å². The molecule has 2 amide bonds. The zero-order chi connectivity index (χ0) is 35.2. The first-order valence-electron chi connectivity index (χ1n) is 15.8. The molecule has 260 valence electrons. The van der Waals surface area contributed by atoms with E-state index in [1.54, 1.807) is 66.9 Å². The van der Waals surface area contributed by atoms with Crippen LogP contribution in [-0.2, 0) is 35.3 Å². The van der Waals surface area contributed by atoms with Gasteiger partial charge in [-0.1, -0.05) is 24.3 Å². The maximum absolute atomic E-state index is 12.8. The Hall–Kier alpha value is -5.58. The first-order chi connectivity index (χ1) is 23.8. The average Bonchev–Trinajstić information content (AvgIpc) is 3.11. The van der Waals surface area contributed by atoms with Crippen LogP contribution in [0.4, 0.5) is 0 Å². The highest BCUT2D eigenvalue weighted by molar-refractivity contribution is 5.79. The summed E-state index contributed by atoms with van der Waals surface area (Å²) in [5, 5.41) is 5.94. The van der Waals surface area contributed by atoms with Gasteiger partial charge in [-0.15, -0.1) is 0 Å². The molecule has 4 aromatic carbocycles. The van der Waals surface area contributed by atoms with Crippen LogP contribution in [-0.4, -0.2) is 67.6 Å². The molecule has 0 fully saturated rings. The minimum atomic E-state index is -0.131. The SMILES string of the molecule is COc1ccc(CCNC(=O)Cc2ccc(OC)c(Oc3cc(CC(=O)NCCc4ccc(OC)c(OC)c4)ccc3OC)c2)cc1OC. The number of nitrogens with one attached hydrogen (secondary N) is 2. The van der Waals surface area contributed by atoms with Gasteiger partial charge in [0.05, 0.1) is 55.5 Å². The first-order valence-corrected chi connectivity index (χ1v) is 15.8. The normalized spacial score (nSPS) is 10.5. The smallest absolute Gasteiger partial charge is 0.224 e. The van der Waals surface area contributed by atoms with Crippen molar-refractivity contribution in [2.75, 3.05) is 55.7 Å². The van der Waals surface area contributed by atoms with Crippen molar-refractivity contribution < 1.29 is 42.7 Å². The summed E-state index contributed by atoms with van der Waals surface area (Å²) in [6.45, 7) is 0.920. The standard InChI is InChI=1S/C38H44N2O9/c1-43-29-11-7-25(19-33(29)47-5)15-17-39-37(41)23-27-9-13-31(45-3)35(21-27)49-36-22-28(10-14-32(36)46-4)24-38(42)40-18-16-26-8-12-30(44-2)34(20-26)48-6/h7-14,19-22H,15-18,23-24H2,1-6H3,(H,39,41)(H,40,42). The van der Waals surface area contributed by atoms with Gasteiger partial charge in [0.1, 0.15) is 0 Å². The van der Waals surface area contributed by atoms with Crippen LogP contribution in [0.1, 0.15) is 22.3 Å². The summed E-state index contributed by atoms with van der Waals surface area (Å²) < 4.78 is 38.7. The van der Waals surface area contributed by atoms with Gasteiger partial charge in [-0.25, -0.2) is 0 Å². The van der Waals surface area contributed by atoms with Crippen LogP contribution in [0.25, 0.3) is 0 Å². The Morgan fingerprint density at radius 2 is 0.735 bits per heavy atom. The Bertz CT molecular complexity index is 1600. The van der Waals surface area contributed by atoms with Crippen molar-refractivity contribution >= 4 is 11.8 Å². The molecule has 2 N–H and O–H groups in total. The molecule has 11 nitrogen and oxygen atoms in total. The van der Waals surface area contributed by atoms with Crippen molar-refractivity contribution in [3.8, 4) is 46.0 Å². The van der Waals surface area contributed by atoms with E-state index in [0.29, 0.717) is 71.9 Å². The summed E-state index contributed by atoms with van der Waals surface area (Å²) in [7, 11) is 9.45. The van der Waals surface area contributed by atoms with Gasteiger partial charge < -0.3 is 43.8 Å². The fraction of sp³-hybridized carbons (Fsp3) is 0.316.